The van der Waals surface area contributed by atoms with Gasteiger partial charge in [0.15, 0.2) is 5.76 Å². The summed E-state index contributed by atoms with van der Waals surface area (Å²) in [5, 5.41) is 10.6. The maximum absolute atomic E-state index is 12.2. The van der Waals surface area contributed by atoms with Crippen molar-refractivity contribution in [2.75, 3.05) is 5.32 Å². The molecule has 0 bridgehead atoms. The van der Waals surface area contributed by atoms with Gasteiger partial charge in [0.1, 0.15) is 5.58 Å². The molecule has 2 aromatic heterocycles. The maximum atomic E-state index is 12.2. The first-order chi connectivity index (χ1) is 9.54. The number of rotatable bonds is 2. The molecule has 0 fully saturated rings. The molecule has 0 radical (unpaired) electrons. The number of hydrogen-bond donors (Lipinski definition) is 2. The van der Waals surface area contributed by atoms with Crippen molar-refractivity contribution in [2.45, 2.75) is 20.8 Å². The highest BCUT2D eigenvalue weighted by molar-refractivity contribution is 6.05. The van der Waals surface area contributed by atoms with Gasteiger partial charge in [-0.05, 0) is 39.0 Å². The smallest absolute Gasteiger partial charge is 0.291 e. The highest BCUT2D eigenvalue weighted by Gasteiger charge is 2.15. The van der Waals surface area contributed by atoms with E-state index in [4.69, 9.17) is 4.42 Å². The molecule has 102 valence electrons. The average Bonchev–Trinajstić information content (AvgIpc) is 2.96. The van der Waals surface area contributed by atoms with E-state index in [1.54, 1.807) is 6.07 Å². The van der Waals surface area contributed by atoms with Gasteiger partial charge in [0.2, 0.25) is 0 Å². The molecule has 2 heterocycles. The van der Waals surface area contributed by atoms with E-state index in [2.05, 4.69) is 15.5 Å². The summed E-state index contributed by atoms with van der Waals surface area (Å²) in [7, 11) is 0. The van der Waals surface area contributed by atoms with Crippen LogP contribution in [0.3, 0.4) is 0 Å². The first-order valence-corrected chi connectivity index (χ1v) is 6.37. The lowest BCUT2D eigenvalue weighted by atomic mass is 10.2. The number of fused-ring (bicyclic) bond motifs is 1. The van der Waals surface area contributed by atoms with Crippen molar-refractivity contribution >= 4 is 22.6 Å². The van der Waals surface area contributed by atoms with Gasteiger partial charge in [-0.15, -0.1) is 0 Å². The molecule has 0 aliphatic heterocycles. The van der Waals surface area contributed by atoms with Gasteiger partial charge in [-0.2, -0.15) is 5.10 Å². The lowest BCUT2D eigenvalue weighted by Crippen LogP contribution is -2.11. The van der Waals surface area contributed by atoms with Crippen LogP contribution in [-0.4, -0.2) is 16.1 Å². The van der Waals surface area contributed by atoms with Gasteiger partial charge in [-0.25, -0.2) is 0 Å². The van der Waals surface area contributed by atoms with Crippen molar-refractivity contribution < 1.29 is 9.21 Å². The van der Waals surface area contributed by atoms with Crippen LogP contribution in [0.15, 0.2) is 28.7 Å². The van der Waals surface area contributed by atoms with Crippen LogP contribution in [0, 0.1) is 20.8 Å². The third-order valence-corrected chi connectivity index (χ3v) is 3.26. The summed E-state index contributed by atoms with van der Waals surface area (Å²) in [6.07, 6.45) is 0. The van der Waals surface area contributed by atoms with Gasteiger partial charge >= 0.3 is 0 Å². The fraction of sp³-hybridized carbons (Fsp3) is 0.200. The van der Waals surface area contributed by atoms with Crippen LogP contribution in [0.2, 0.25) is 0 Å². The predicted molar refractivity (Wildman–Crippen MR) is 77.0 cm³/mol. The summed E-state index contributed by atoms with van der Waals surface area (Å²) < 4.78 is 5.57. The molecule has 2 N–H and O–H groups in total. The zero-order valence-electron chi connectivity index (χ0n) is 11.6. The molecule has 3 aromatic rings. The molecular formula is C15H15N3O2. The number of aromatic nitrogens is 2. The quantitative estimate of drug-likeness (QED) is 0.749. The lowest BCUT2D eigenvalue weighted by molar-refractivity contribution is 0.0998. The average molecular weight is 269 g/mol. The summed E-state index contributed by atoms with van der Waals surface area (Å²) in [4.78, 5) is 12.2. The number of carbonyl (C=O) groups excluding carboxylic acids is 1. The largest absolute Gasteiger partial charge is 0.451 e. The zero-order chi connectivity index (χ0) is 14.3. The van der Waals surface area contributed by atoms with Crippen molar-refractivity contribution in [1.82, 2.24) is 10.2 Å². The molecule has 0 spiro atoms. The number of nitrogens with zero attached hydrogens (tertiary/aromatic N) is 1. The van der Waals surface area contributed by atoms with E-state index in [-0.39, 0.29) is 5.91 Å². The van der Waals surface area contributed by atoms with Crippen LogP contribution >= 0.6 is 0 Å². The lowest BCUT2D eigenvalue weighted by Gasteiger charge is -2.02. The van der Waals surface area contributed by atoms with Gasteiger partial charge < -0.3 is 9.73 Å². The zero-order valence-corrected chi connectivity index (χ0v) is 11.6. The molecule has 1 aromatic carbocycles. The number of amides is 1. The Hall–Kier alpha value is -2.56. The van der Waals surface area contributed by atoms with E-state index >= 15 is 0 Å². The van der Waals surface area contributed by atoms with E-state index in [1.807, 2.05) is 39.0 Å². The fourth-order valence-electron chi connectivity index (χ4n) is 2.18. The second-order valence-corrected chi connectivity index (χ2v) is 4.92. The molecule has 0 atom stereocenters. The SMILES string of the molecule is Cc1ccc2oc(C(=O)Nc3c(C)n[nH]c3C)cc2c1. The highest BCUT2D eigenvalue weighted by Crippen LogP contribution is 2.22. The third kappa shape index (κ3) is 2.07. The van der Waals surface area contributed by atoms with Gasteiger partial charge in [0.05, 0.1) is 17.1 Å². The van der Waals surface area contributed by atoms with Crippen LogP contribution in [-0.2, 0) is 0 Å². The minimum Gasteiger partial charge on any atom is -0.451 e. The van der Waals surface area contributed by atoms with Crippen molar-refractivity contribution in [3.63, 3.8) is 0 Å². The van der Waals surface area contributed by atoms with Gasteiger partial charge in [0.25, 0.3) is 5.91 Å². The normalized spacial score (nSPS) is 10.9. The van der Waals surface area contributed by atoms with Crippen LogP contribution in [0.25, 0.3) is 11.0 Å². The van der Waals surface area contributed by atoms with E-state index in [1.165, 1.54) is 0 Å². The third-order valence-electron chi connectivity index (χ3n) is 3.26. The standard InChI is InChI=1S/C15H15N3O2/c1-8-4-5-12-11(6-8)7-13(20-12)15(19)16-14-9(2)17-18-10(14)3/h4-7H,1-3H3,(H,16,19)(H,17,18). The number of aromatic amines is 1. The molecular weight excluding hydrogens is 254 g/mol. The molecule has 0 saturated heterocycles. The van der Waals surface area contributed by atoms with Crippen molar-refractivity contribution in [3.05, 3.63) is 47.0 Å². The molecule has 3 rings (SSSR count). The second kappa shape index (κ2) is 4.52. The van der Waals surface area contributed by atoms with Crippen LogP contribution in [0.4, 0.5) is 5.69 Å². The first-order valence-electron chi connectivity index (χ1n) is 6.37. The number of hydrogen-bond acceptors (Lipinski definition) is 3. The number of aryl methyl sites for hydroxylation is 3. The highest BCUT2D eigenvalue weighted by atomic mass is 16.3. The van der Waals surface area contributed by atoms with Gasteiger partial charge in [-0.3, -0.25) is 9.89 Å². The number of furan rings is 1. The molecule has 5 nitrogen and oxygen atoms in total. The fourth-order valence-corrected chi connectivity index (χ4v) is 2.18. The Morgan fingerprint density at radius 3 is 2.75 bits per heavy atom. The molecule has 20 heavy (non-hydrogen) atoms. The summed E-state index contributed by atoms with van der Waals surface area (Å²) in [5.74, 6) is 0.0250. The Morgan fingerprint density at radius 1 is 1.25 bits per heavy atom. The predicted octanol–water partition coefficient (Wildman–Crippen LogP) is 3.33. The number of carbonyl (C=O) groups is 1. The van der Waals surface area contributed by atoms with E-state index in [9.17, 15) is 4.79 Å². The van der Waals surface area contributed by atoms with Crippen LogP contribution in [0.5, 0.6) is 0 Å². The molecule has 0 aliphatic carbocycles. The topological polar surface area (TPSA) is 70.9 Å². The first kappa shape index (κ1) is 12.5. The molecule has 5 heteroatoms. The Morgan fingerprint density at radius 2 is 2.05 bits per heavy atom. The number of H-pyrrole nitrogens is 1. The van der Waals surface area contributed by atoms with Crippen LogP contribution in [0.1, 0.15) is 27.5 Å². The van der Waals surface area contributed by atoms with Gasteiger partial charge in [-0.1, -0.05) is 11.6 Å². The van der Waals surface area contributed by atoms with E-state index in [0.717, 1.165) is 22.3 Å². The summed E-state index contributed by atoms with van der Waals surface area (Å²) in [5.41, 5.74) is 4.12. The van der Waals surface area contributed by atoms with Gasteiger partial charge in [0, 0.05) is 5.39 Å². The number of anilines is 1. The van der Waals surface area contributed by atoms with E-state index < -0.39 is 0 Å². The molecule has 0 aliphatic rings. The molecule has 1 amide bonds. The van der Waals surface area contributed by atoms with Crippen LogP contribution < -0.4 is 5.32 Å². The maximum Gasteiger partial charge on any atom is 0.291 e. The number of benzene rings is 1. The minimum absolute atomic E-state index is 0.272. The molecule has 0 unspecified atom stereocenters. The van der Waals surface area contributed by atoms with Crippen molar-refractivity contribution in [2.24, 2.45) is 0 Å². The summed E-state index contributed by atoms with van der Waals surface area (Å²) in [6.45, 7) is 5.70. The van der Waals surface area contributed by atoms with E-state index in [0.29, 0.717) is 17.0 Å². The Labute approximate surface area is 116 Å². The molecule has 0 saturated carbocycles. The second-order valence-electron chi connectivity index (χ2n) is 4.92. The minimum atomic E-state index is -0.272. The monoisotopic (exact) mass is 269 g/mol. The van der Waals surface area contributed by atoms with Crippen molar-refractivity contribution in [3.8, 4) is 0 Å². The van der Waals surface area contributed by atoms with Crippen molar-refractivity contribution in [1.29, 1.82) is 0 Å². The summed E-state index contributed by atoms with van der Waals surface area (Å²) in [6, 6.07) is 7.57. The summed E-state index contributed by atoms with van der Waals surface area (Å²) >= 11 is 0. The number of nitrogens with one attached hydrogen (secondary N) is 2. The Kier molecular flexibility index (Phi) is 2.82. The Bertz CT molecular complexity index is 779. The Balaban J connectivity index is 1.93.